The molecule has 0 N–H and O–H groups in total. The zero-order valence-electron chi connectivity index (χ0n) is 10.9. The number of hydrogen-bond acceptors (Lipinski definition) is 1. The number of hydrogen-bond donors (Lipinski definition) is 0. The summed E-state index contributed by atoms with van der Waals surface area (Å²) in [5.41, 5.74) is 0.520. The van der Waals surface area contributed by atoms with Crippen LogP contribution in [-0.2, 0) is 4.74 Å². The second kappa shape index (κ2) is 3.76. The van der Waals surface area contributed by atoms with E-state index in [0.717, 1.165) is 17.8 Å². The van der Waals surface area contributed by atoms with Gasteiger partial charge < -0.3 is 4.74 Å². The highest BCUT2D eigenvalue weighted by Gasteiger charge is 2.48. The minimum absolute atomic E-state index is 0.481. The van der Waals surface area contributed by atoms with Crippen LogP contribution in [0.5, 0.6) is 0 Å². The van der Waals surface area contributed by atoms with E-state index in [1.54, 1.807) is 0 Å². The summed E-state index contributed by atoms with van der Waals surface area (Å²) in [7, 11) is 0. The van der Waals surface area contributed by atoms with Gasteiger partial charge in [0.15, 0.2) is 0 Å². The first-order chi connectivity index (χ1) is 6.93. The molecule has 5 atom stereocenters. The average molecular weight is 210 g/mol. The molecule has 88 valence electrons. The minimum atomic E-state index is 0.481. The third-order valence-electron chi connectivity index (χ3n) is 5.31. The van der Waals surface area contributed by atoms with E-state index in [2.05, 4.69) is 34.6 Å². The van der Waals surface area contributed by atoms with Crippen molar-refractivity contribution in [1.29, 1.82) is 0 Å². The molecule has 5 unspecified atom stereocenters. The molecule has 0 aromatic rings. The van der Waals surface area contributed by atoms with Gasteiger partial charge >= 0.3 is 0 Å². The maximum Gasteiger partial charge on any atom is 0.0582 e. The van der Waals surface area contributed by atoms with Crippen LogP contribution < -0.4 is 0 Å². The molecule has 0 amide bonds. The SMILES string of the molecule is CC1CC(C2CCC(C)C2(C)C)C(C)O1. The second-order valence-corrected chi connectivity index (χ2v) is 6.46. The average Bonchev–Trinajstić information content (AvgIpc) is 2.56. The van der Waals surface area contributed by atoms with Crippen molar-refractivity contribution in [2.45, 2.75) is 66.1 Å². The Morgan fingerprint density at radius 1 is 1.07 bits per heavy atom. The van der Waals surface area contributed by atoms with E-state index in [4.69, 9.17) is 4.74 Å². The Balaban J connectivity index is 2.11. The van der Waals surface area contributed by atoms with Crippen LogP contribution in [0.4, 0.5) is 0 Å². The number of rotatable bonds is 1. The summed E-state index contributed by atoms with van der Waals surface area (Å²) in [5, 5.41) is 0. The standard InChI is InChI=1S/C14H26O/c1-9-6-7-13(14(9,4)5)12-8-10(2)15-11(12)3/h9-13H,6-8H2,1-5H3. The fourth-order valence-corrected chi connectivity index (χ4v) is 3.89. The Bertz CT molecular complexity index is 233. The molecule has 0 aromatic heterocycles. The van der Waals surface area contributed by atoms with Crippen LogP contribution in [0.3, 0.4) is 0 Å². The van der Waals surface area contributed by atoms with E-state index in [1.165, 1.54) is 19.3 Å². The van der Waals surface area contributed by atoms with Gasteiger partial charge in [0.1, 0.15) is 0 Å². The highest BCUT2D eigenvalue weighted by molar-refractivity contribution is 4.96. The summed E-state index contributed by atoms with van der Waals surface area (Å²) in [6, 6.07) is 0. The van der Waals surface area contributed by atoms with E-state index in [0.29, 0.717) is 17.6 Å². The zero-order chi connectivity index (χ0) is 11.2. The van der Waals surface area contributed by atoms with Gasteiger partial charge in [0.25, 0.3) is 0 Å². The van der Waals surface area contributed by atoms with Crippen LogP contribution in [0.25, 0.3) is 0 Å². The molecule has 15 heavy (non-hydrogen) atoms. The molecular formula is C14H26O. The van der Waals surface area contributed by atoms with Gasteiger partial charge in [0, 0.05) is 0 Å². The lowest BCUT2D eigenvalue weighted by atomic mass is 9.69. The van der Waals surface area contributed by atoms with E-state index >= 15 is 0 Å². The fraction of sp³-hybridized carbons (Fsp3) is 1.00. The van der Waals surface area contributed by atoms with Gasteiger partial charge in [-0.1, -0.05) is 20.8 Å². The maximum absolute atomic E-state index is 5.91. The monoisotopic (exact) mass is 210 g/mol. The molecule has 1 nitrogen and oxygen atoms in total. The van der Waals surface area contributed by atoms with Gasteiger partial charge in [-0.25, -0.2) is 0 Å². The topological polar surface area (TPSA) is 9.23 Å². The Morgan fingerprint density at radius 2 is 1.73 bits per heavy atom. The van der Waals surface area contributed by atoms with E-state index in [1.807, 2.05) is 0 Å². The second-order valence-electron chi connectivity index (χ2n) is 6.46. The van der Waals surface area contributed by atoms with Crippen LogP contribution in [0.15, 0.2) is 0 Å². The molecule has 0 spiro atoms. The lowest BCUT2D eigenvalue weighted by Gasteiger charge is -2.36. The number of ether oxygens (including phenoxy) is 1. The highest BCUT2D eigenvalue weighted by atomic mass is 16.5. The van der Waals surface area contributed by atoms with Gasteiger partial charge in [-0.3, -0.25) is 0 Å². The van der Waals surface area contributed by atoms with Crippen molar-refractivity contribution in [2.24, 2.45) is 23.2 Å². The van der Waals surface area contributed by atoms with E-state index in [-0.39, 0.29) is 0 Å². The normalized spacial score (nSPS) is 49.8. The molecule has 2 rings (SSSR count). The summed E-state index contributed by atoms with van der Waals surface area (Å²) >= 11 is 0. The molecule has 1 heteroatoms. The quantitative estimate of drug-likeness (QED) is 0.638. The van der Waals surface area contributed by atoms with Crippen molar-refractivity contribution in [1.82, 2.24) is 0 Å². The third-order valence-corrected chi connectivity index (χ3v) is 5.31. The fourth-order valence-electron chi connectivity index (χ4n) is 3.89. The summed E-state index contributed by atoms with van der Waals surface area (Å²) in [4.78, 5) is 0. The summed E-state index contributed by atoms with van der Waals surface area (Å²) in [5.74, 6) is 2.57. The molecular weight excluding hydrogens is 184 g/mol. The zero-order valence-corrected chi connectivity index (χ0v) is 10.9. The largest absolute Gasteiger partial charge is 0.375 e. The summed E-state index contributed by atoms with van der Waals surface area (Å²) in [6.07, 6.45) is 5.07. The Hall–Kier alpha value is -0.0400. The minimum Gasteiger partial charge on any atom is -0.375 e. The van der Waals surface area contributed by atoms with Gasteiger partial charge in [-0.05, 0) is 56.3 Å². The van der Waals surface area contributed by atoms with Crippen molar-refractivity contribution in [2.75, 3.05) is 0 Å². The predicted molar refractivity (Wildman–Crippen MR) is 63.8 cm³/mol. The molecule has 1 aliphatic carbocycles. The molecule has 0 aromatic carbocycles. The van der Waals surface area contributed by atoms with Gasteiger partial charge in [0.05, 0.1) is 12.2 Å². The molecule has 1 saturated heterocycles. The predicted octanol–water partition coefficient (Wildman–Crippen LogP) is 3.87. The molecule has 0 radical (unpaired) electrons. The van der Waals surface area contributed by atoms with Crippen LogP contribution in [0, 0.1) is 23.2 Å². The molecule has 1 saturated carbocycles. The van der Waals surface area contributed by atoms with Crippen molar-refractivity contribution in [3.05, 3.63) is 0 Å². The van der Waals surface area contributed by atoms with Gasteiger partial charge in [-0.15, -0.1) is 0 Å². The van der Waals surface area contributed by atoms with E-state index < -0.39 is 0 Å². The van der Waals surface area contributed by atoms with Crippen LogP contribution >= 0.6 is 0 Å². The van der Waals surface area contributed by atoms with Crippen LogP contribution in [0.1, 0.15) is 53.9 Å². The van der Waals surface area contributed by atoms with Gasteiger partial charge in [-0.2, -0.15) is 0 Å². The molecule has 2 fully saturated rings. The van der Waals surface area contributed by atoms with E-state index in [9.17, 15) is 0 Å². The lowest BCUT2D eigenvalue weighted by molar-refractivity contribution is 0.0320. The molecule has 1 aliphatic heterocycles. The Kier molecular flexibility index (Phi) is 2.87. The van der Waals surface area contributed by atoms with Crippen molar-refractivity contribution >= 4 is 0 Å². The Morgan fingerprint density at radius 3 is 2.13 bits per heavy atom. The lowest BCUT2D eigenvalue weighted by Crippen LogP contribution is -2.32. The first-order valence-corrected chi connectivity index (χ1v) is 6.58. The summed E-state index contributed by atoms with van der Waals surface area (Å²) in [6.45, 7) is 11.8. The first kappa shape index (κ1) is 11.4. The molecule has 1 heterocycles. The van der Waals surface area contributed by atoms with Crippen molar-refractivity contribution < 1.29 is 4.74 Å². The van der Waals surface area contributed by atoms with Crippen molar-refractivity contribution in [3.63, 3.8) is 0 Å². The van der Waals surface area contributed by atoms with Crippen LogP contribution in [-0.4, -0.2) is 12.2 Å². The van der Waals surface area contributed by atoms with Crippen molar-refractivity contribution in [3.8, 4) is 0 Å². The first-order valence-electron chi connectivity index (χ1n) is 6.58. The molecule has 0 bridgehead atoms. The highest BCUT2D eigenvalue weighted by Crippen LogP contribution is 2.53. The van der Waals surface area contributed by atoms with Crippen LogP contribution in [0.2, 0.25) is 0 Å². The maximum atomic E-state index is 5.91. The molecule has 2 aliphatic rings. The summed E-state index contributed by atoms with van der Waals surface area (Å²) < 4.78 is 5.91. The Labute approximate surface area is 94.6 Å². The van der Waals surface area contributed by atoms with Gasteiger partial charge in [0.2, 0.25) is 0 Å². The smallest absolute Gasteiger partial charge is 0.0582 e. The third kappa shape index (κ3) is 1.84.